The van der Waals surface area contributed by atoms with Gasteiger partial charge in [-0.25, -0.2) is 0 Å². The molecule has 2 aliphatic heterocycles. The van der Waals surface area contributed by atoms with E-state index in [0.717, 1.165) is 24.2 Å². The Hall–Kier alpha value is -1.55. The Balaban J connectivity index is 1.63. The molecule has 4 heteroatoms. The minimum atomic E-state index is 0.171. The molecule has 4 nitrogen and oxygen atoms in total. The second-order valence-corrected chi connectivity index (χ2v) is 5.94. The van der Waals surface area contributed by atoms with Crippen molar-refractivity contribution in [2.75, 3.05) is 14.2 Å². The third-order valence-electron chi connectivity index (χ3n) is 4.55. The Morgan fingerprint density at radius 1 is 1.45 bits per heavy atom. The maximum Gasteiger partial charge on any atom is 0.227 e. The van der Waals surface area contributed by atoms with Crippen LogP contribution in [0.4, 0.5) is 0 Å². The molecule has 1 aromatic carbocycles. The predicted octanol–water partition coefficient (Wildman–Crippen LogP) is 1.79. The molecule has 108 valence electrons. The standard InChI is InChI=1S/C16H22N2O2/c1-18(10-11-4-3-5-13(8-11)20-2)16(19)14-9-12-6-7-15(14)17-12/h3-5,8,12,14-15,17H,6-7,9-10H2,1-2H3. The van der Waals surface area contributed by atoms with Gasteiger partial charge >= 0.3 is 0 Å². The molecule has 2 bridgehead atoms. The van der Waals surface area contributed by atoms with Crippen LogP contribution in [-0.4, -0.2) is 37.0 Å². The number of benzene rings is 1. The summed E-state index contributed by atoms with van der Waals surface area (Å²) < 4.78 is 5.22. The Morgan fingerprint density at radius 3 is 2.95 bits per heavy atom. The number of hydrogen-bond donors (Lipinski definition) is 1. The first-order valence-electron chi connectivity index (χ1n) is 7.31. The van der Waals surface area contributed by atoms with Crippen molar-refractivity contribution < 1.29 is 9.53 Å². The van der Waals surface area contributed by atoms with E-state index in [1.165, 1.54) is 6.42 Å². The van der Waals surface area contributed by atoms with Gasteiger partial charge in [-0.2, -0.15) is 0 Å². The third-order valence-corrected chi connectivity index (χ3v) is 4.55. The molecule has 20 heavy (non-hydrogen) atoms. The average molecular weight is 274 g/mol. The fourth-order valence-corrected chi connectivity index (χ4v) is 3.50. The quantitative estimate of drug-likeness (QED) is 0.910. The van der Waals surface area contributed by atoms with Crippen LogP contribution in [0.3, 0.4) is 0 Å². The van der Waals surface area contributed by atoms with Gasteiger partial charge in [0.15, 0.2) is 0 Å². The summed E-state index contributed by atoms with van der Waals surface area (Å²) in [5.74, 6) is 1.28. The molecule has 1 amide bonds. The monoisotopic (exact) mass is 274 g/mol. The van der Waals surface area contributed by atoms with Crippen molar-refractivity contribution >= 4 is 5.91 Å². The molecule has 1 N–H and O–H groups in total. The lowest BCUT2D eigenvalue weighted by Crippen LogP contribution is -2.38. The van der Waals surface area contributed by atoms with E-state index < -0.39 is 0 Å². The molecule has 3 atom stereocenters. The molecule has 2 aliphatic rings. The topological polar surface area (TPSA) is 41.6 Å². The molecular formula is C16H22N2O2. The maximum atomic E-state index is 12.5. The maximum absolute atomic E-state index is 12.5. The lowest BCUT2D eigenvalue weighted by molar-refractivity contribution is -0.135. The molecule has 2 fully saturated rings. The minimum Gasteiger partial charge on any atom is -0.497 e. The fourth-order valence-electron chi connectivity index (χ4n) is 3.50. The summed E-state index contributed by atoms with van der Waals surface area (Å²) in [7, 11) is 3.56. The van der Waals surface area contributed by atoms with Crippen LogP contribution in [-0.2, 0) is 11.3 Å². The number of carbonyl (C=O) groups is 1. The first-order chi connectivity index (χ1) is 9.67. The van der Waals surface area contributed by atoms with Crippen molar-refractivity contribution in [2.24, 2.45) is 5.92 Å². The lowest BCUT2D eigenvalue weighted by atomic mass is 9.88. The molecule has 0 spiro atoms. The van der Waals surface area contributed by atoms with E-state index >= 15 is 0 Å². The van der Waals surface area contributed by atoms with Gasteiger partial charge < -0.3 is 15.0 Å². The van der Waals surface area contributed by atoms with Crippen molar-refractivity contribution in [1.82, 2.24) is 10.2 Å². The van der Waals surface area contributed by atoms with Gasteiger partial charge in [0.2, 0.25) is 5.91 Å². The van der Waals surface area contributed by atoms with Crippen LogP contribution in [0.15, 0.2) is 24.3 Å². The van der Waals surface area contributed by atoms with Crippen LogP contribution in [0.25, 0.3) is 0 Å². The minimum absolute atomic E-state index is 0.171. The molecule has 0 aromatic heterocycles. The zero-order chi connectivity index (χ0) is 14.1. The highest BCUT2D eigenvalue weighted by atomic mass is 16.5. The number of ether oxygens (including phenoxy) is 1. The number of rotatable bonds is 4. The van der Waals surface area contributed by atoms with Crippen LogP contribution in [0.5, 0.6) is 5.75 Å². The third kappa shape index (κ3) is 2.52. The Labute approximate surface area is 120 Å². The van der Waals surface area contributed by atoms with Gasteiger partial charge in [-0.3, -0.25) is 4.79 Å². The van der Waals surface area contributed by atoms with E-state index in [9.17, 15) is 4.79 Å². The molecule has 2 heterocycles. The van der Waals surface area contributed by atoms with Crippen molar-refractivity contribution in [3.8, 4) is 5.75 Å². The highest BCUT2D eigenvalue weighted by Crippen LogP contribution is 2.34. The number of nitrogens with zero attached hydrogens (tertiary/aromatic N) is 1. The number of fused-ring (bicyclic) bond motifs is 2. The first-order valence-corrected chi connectivity index (χ1v) is 7.31. The molecule has 0 radical (unpaired) electrons. The molecule has 2 saturated heterocycles. The van der Waals surface area contributed by atoms with E-state index in [1.807, 2.05) is 36.2 Å². The summed E-state index contributed by atoms with van der Waals surface area (Å²) >= 11 is 0. The van der Waals surface area contributed by atoms with Gasteiger partial charge in [0, 0.05) is 25.7 Å². The number of amides is 1. The SMILES string of the molecule is COc1cccc(CN(C)C(=O)C2CC3CCC2N3)c1. The summed E-state index contributed by atoms with van der Waals surface area (Å²) in [5.41, 5.74) is 1.11. The van der Waals surface area contributed by atoms with Crippen LogP contribution >= 0.6 is 0 Å². The van der Waals surface area contributed by atoms with Gasteiger partial charge in [-0.05, 0) is 37.0 Å². The Bertz CT molecular complexity index is 503. The summed E-state index contributed by atoms with van der Waals surface area (Å²) in [6, 6.07) is 8.88. The second-order valence-electron chi connectivity index (χ2n) is 5.94. The van der Waals surface area contributed by atoms with E-state index in [0.29, 0.717) is 18.6 Å². The van der Waals surface area contributed by atoms with Gasteiger partial charge in [0.05, 0.1) is 13.0 Å². The van der Waals surface area contributed by atoms with Crippen molar-refractivity contribution in [3.63, 3.8) is 0 Å². The molecule has 3 rings (SSSR count). The average Bonchev–Trinajstić information content (AvgIpc) is 3.09. The zero-order valence-electron chi connectivity index (χ0n) is 12.1. The number of carbonyl (C=O) groups excluding carboxylic acids is 1. The van der Waals surface area contributed by atoms with Gasteiger partial charge in [0.25, 0.3) is 0 Å². The van der Waals surface area contributed by atoms with E-state index in [1.54, 1.807) is 7.11 Å². The smallest absolute Gasteiger partial charge is 0.227 e. The van der Waals surface area contributed by atoms with Gasteiger partial charge in [0.1, 0.15) is 5.75 Å². The summed E-state index contributed by atoms with van der Waals surface area (Å²) in [6.45, 7) is 0.643. The van der Waals surface area contributed by atoms with Gasteiger partial charge in [-0.1, -0.05) is 12.1 Å². The highest BCUT2D eigenvalue weighted by molar-refractivity contribution is 5.80. The van der Waals surface area contributed by atoms with E-state index in [-0.39, 0.29) is 11.8 Å². The summed E-state index contributed by atoms with van der Waals surface area (Å²) in [6.07, 6.45) is 3.38. The number of methoxy groups -OCH3 is 1. The number of nitrogens with one attached hydrogen (secondary N) is 1. The van der Waals surface area contributed by atoms with E-state index in [2.05, 4.69) is 5.32 Å². The summed E-state index contributed by atoms with van der Waals surface area (Å²) in [4.78, 5) is 14.4. The highest BCUT2D eigenvalue weighted by Gasteiger charge is 2.43. The number of hydrogen-bond acceptors (Lipinski definition) is 3. The van der Waals surface area contributed by atoms with Crippen molar-refractivity contribution in [3.05, 3.63) is 29.8 Å². The summed E-state index contributed by atoms with van der Waals surface area (Å²) in [5, 5.41) is 3.53. The van der Waals surface area contributed by atoms with Gasteiger partial charge in [-0.15, -0.1) is 0 Å². The second kappa shape index (κ2) is 5.44. The van der Waals surface area contributed by atoms with Crippen molar-refractivity contribution in [1.29, 1.82) is 0 Å². The fraction of sp³-hybridized carbons (Fsp3) is 0.562. The van der Waals surface area contributed by atoms with Crippen LogP contribution in [0.2, 0.25) is 0 Å². The molecule has 0 saturated carbocycles. The first kappa shape index (κ1) is 13.4. The van der Waals surface area contributed by atoms with Crippen molar-refractivity contribution in [2.45, 2.75) is 37.9 Å². The van der Waals surface area contributed by atoms with Crippen LogP contribution < -0.4 is 10.1 Å². The normalized spacial score (nSPS) is 27.6. The molecule has 3 unspecified atom stereocenters. The molecular weight excluding hydrogens is 252 g/mol. The molecule has 1 aromatic rings. The van der Waals surface area contributed by atoms with E-state index in [4.69, 9.17) is 4.74 Å². The largest absolute Gasteiger partial charge is 0.497 e. The van der Waals surface area contributed by atoms with Crippen LogP contribution in [0, 0.1) is 5.92 Å². The Morgan fingerprint density at radius 2 is 2.30 bits per heavy atom. The predicted molar refractivity (Wildman–Crippen MR) is 77.5 cm³/mol. The lowest BCUT2D eigenvalue weighted by Gasteiger charge is -2.25. The van der Waals surface area contributed by atoms with Crippen LogP contribution in [0.1, 0.15) is 24.8 Å². The molecule has 0 aliphatic carbocycles. The zero-order valence-corrected chi connectivity index (χ0v) is 12.1. The Kier molecular flexibility index (Phi) is 3.66.